The molecule has 4 amide bonds. The molecule has 2 heterocycles. The number of hydrogen-bond acceptors (Lipinski definition) is 4. The fourth-order valence-corrected chi connectivity index (χ4v) is 4.47. The van der Waals surface area contributed by atoms with Crippen LogP contribution in [0.25, 0.3) is 0 Å². The molecule has 2 fully saturated rings. The lowest BCUT2D eigenvalue weighted by atomic mass is 9.94. The van der Waals surface area contributed by atoms with Crippen molar-refractivity contribution in [3.05, 3.63) is 34.9 Å². The molecular weight excluding hydrogens is 358 g/mol. The lowest BCUT2D eigenvalue weighted by Gasteiger charge is -2.34. The third-order valence-corrected chi connectivity index (χ3v) is 6.12. The fourth-order valence-electron chi connectivity index (χ4n) is 4.47. The van der Waals surface area contributed by atoms with Gasteiger partial charge in [-0.1, -0.05) is 19.3 Å². The van der Waals surface area contributed by atoms with Crippen molar-refractivity contribution in [2.75, 3.05) is 26.2 Å². The van der Waals surface area contributed by atoms with Crippen molar-refractivity contribution in [1.29, 1.82) is 0 Å². The van der Waals surface area contributed by atoms with Crippen LogP contribution in [0.1, 0.15) is 70.1 Å². The lowest BCUT2D eigenvalue weighted by molar-refractivity contribution is -0.130. The molecule has 0 radical (unpaired) electrons. The maximum atomic E-state index is 12.9. The summed E-state index contributed by atoms with van der Waals surface area (Å²) >= 11 is 0. The smallest absolute Gasteiger partial charge is 0.261 e. The van der Waals surface area contributed by atoms with Crippen LogP contribution in [0, 0.1) is 0 Å². The lowest BCUT2D eigenvalue weighted by Crippen LogP contribution is -2.50. The topological polar surface area (TPSA) is 78.0 Å². The van der Waals surface area contributed by atoms with Crippen molar-refractivity contribution in [1.82, 2.24) is 14.7 Å². The van der Waals surface area contributed by atoms with Gasteiger partial charge in [0.25, 0.3) is 17.7 Å². The van der Waals surface area contributed by atoms with Crippen molar-refractivity contribution in [3.63, 3.8) is 0 Å². The Morgan fingerprint density at radius 1 is 0.857 bits per heavy atom. The molecule has 28 heavy (non-hydrogen) atoms. The summed E-state index contributed by atoms with van der Waals surface area (Å²) in [5.41, 5.74) is 1.15. The molecule has 1 aromatic carbocycles. The summed E-state index contributed by atoms with van der Waals surface area (Å²) in [6, 6.07) is 4.78. The van der Waals surface area contributed by atoms with E-state index in [9.17, 15) is 19.2 Å². The first-order chi connectivity index (χ1) is 13.5. The van der Waals surface area contributed by atoms with Crippen molar-refractivity contribution < 1.29 is 19.2 Å². The van der Waals surface area contributed by atoms with Crippen LogP contribution in [0.5, 0.6) is 0 Å². The van der Waals surface area contributed by atoms with E-state index in [0.717, 1.165) is 32.1 Å². The second kappa shape index (κ2) is 7.37. The summed E-state index contributed by atoms with van der Waals surface area (Å²) in [6.07, 6.45) is 4.94. The molecule has 7 nitrogen and oxygen atoms in total. The minimum atomic E-state index is -0.275. The second-order valence-electron chi connectivity index (χ2n) is 7.83. The molecule has 0 atom stereocenters. The van der Waals surface area contributed by atoms with Crippen molar-refractivity contribution >= 4 is 23.6 Å². The van der Waals surface area contributed by atoms with Crippen LogP contribution in [0.3, 0.4) is 0 Å². The van der Waals surface area contributed by atoms with Crippen LogP contribution in [0.4, 0.5) is 0 Å². The van der Waals surface area contributed by atoms with Crippen molar-refractivity contribution in [2.24, 2.45) is 0 Å². The van der Waals surface area contributed by atoms with Gasteiger partial charge >= 0.3 is 0 Å². The largest absolute Gasteiger partial charge is 0.339 e. The predicted octanol–water partition coefficient (Wildman–Crippen LogP) is 1.92. The van der Waals surface area contributed by atoms with Gasteiger partial charge in [0.2, 0.25) is 5.91 Å². The summed E-state index contributed by atoms with van der Waals surface area (Å²) in [4.78, 5) is 54.8. The molecule has 3 aliphatic rings. The van der Waals surface area contributed by atoms with Crippen molar-refractivity contribution in [2.45, 2.75) is 45.1 Å². The first-order valence-corrected chi connectivity index (χ1v) is 10.0. The molecule has 0 N–H and O–H groups in total. The Kier molecular flexibility index (Phi) is 4.91. The van der Waals surface area contributed by atoms with Crippen LogP contribution in [-0.4, -0.2) is 70.5 Å². The number of carbonyl (C=O) groups excluding carboxylic acids is 4. The predicted molar refractivity (Wildman–Crippen MR) is 102 cm³/mol. The third kappa shape index (κ3) is 3.19. The van der Waals surface area contributed by atoms with E-state index in [2.05, 4.69) is 0 Å². The number of piperazine rings is 1. The molecule has 0 unspecified atom stereocenters. The van der Waals surface area contributed by atoms with Crippen LogP contribution >= 0.6 is 0 Å². The van der Waals surface area contributed by atoms with Gasteiger partial charge in [-0.15, -0.1) is 0 Å². The first-order valence-electron chi connectivity index (χ1n) is 10.0. The highest BCUT2D eigenvalue weighted by molar-refractivity contribution is 6.22. The summed E-state index contributed by atoms with van der Waals surface area (Å²) in [5.74, 6) is -0.664. The molecule has 0 spiro atoms. The molecule has 0 bridgehead atoms. The number of imide groups is 1. The van der Waals surface area contributed by atoms with Crippen LogP contribution in [0.2, 0.25) is 0 Å². The molecular formula is C21H25N3O4. The Morgan fingerprint density at radius 2 is 1.46 bits per heavy atom. The molecule has 1 saturated carbocycles. The molecule has 148 valence electrons. The number of carbonyl (C=O) groups is 4. The van der Waals surface area contributed by atoms with Gasteiger partial charge < -0.3 is 9.80 Å². The maximum Gasteiger partial charge on any atom is 0.261 e. The molecule has 2 aliphatic heterocycles. The van der Waals surface area contributed by atoms with Gasteiger partial charge in [0.1, 0.15) is 0 Å². The van der Waals surface area contributed by atoms with Gasteiger partial charge in [-0.05, 0) is 31.0 Å². The molecule has 1 aromatic rings. The van der Waals surface area contributed by atoms with Crippen LogP contribution in [-0.2, 0) is 4.79 Å². The number of fused-ring (bicyclic) bond motifs is 1. The van der Waals surface area contributed by atoms with Gasteiger partial charge in [0, 0.05) is 44.7 Å². The number of rotatable bonds is 2. The standard InChI is InChI=1S/C21H25N3O4/c1-14(25)22-9-11-23(12-10-22)19(26)15-7-8-17-18(13-15)21(28)24(20(17)27)16-5-3-2-4-6-16/h7-8,13,16H,2-6,9-12H2,1H3. The zero-order valence-electron chi connectivity index (χ0n) is 16.1. The van der Waals surface area contributed by atoms with E-state index in [4.69, 9.17) is 0 Å². The Balaban J connectivity index is 1.52. The van der Waals surface area contributed by atoms with E-state index in [1.54, 1.807) is 28.0 Å². The summed E-state index contributed by atoms with van der Waals surface area (Å²) in [6.45, 7) is 3.49. The summed E-state index contributed by atoms with van der Waals surface area (Å²) < 4.78 is 0. The van der Waals surface area contributed by atoms with Gasteiger partial charge in [0.15, 0.2) is 0 Å². The normalized spacial score (nSPS) is 20.5. The number of benzene rings is 1. The first kappa shape index (κ1) is 18.7. The van der Waals surface area contributed by atoms with E-state index in [1.165, 1.54) is 11.8 Å². The highest BCUT2D eigenvalue weighted by atomic mass is 16.2. The van der Waals surface area contributed by atoms with Gasteiger partial charge in [-0.3, -0.25) is 24.1 Å². The number of amides is 4. The van der Waals surface area contributed by atoms with E-state index >= 15 is 0 Å². The summed E-state index contributed by atoms with van der Waals surface area (Å²) in [5, 5.41) is 0. The van der Waals surface area contributed by atoms with E-state index < -0.39 is 0 Å². The minimum Gasteiger partial charge on any atom is -0.339 e. The monoisotopic (exact) mass is 383 g/mol. The second-order valence-corrected chi connectivity index (χ2v) is 7.83. The Labute approximate surface area is 164 Å². The van der Waals surface area contributed by atoms with Crippen LogP contribution in [0.15, 0.2) is 18.2 Å². The van der Waals surface area contributed by atoms with Gasteiger partial charge in [-0.25, -0.2) is 0 Å². The zero-order chi connectivity index (χ0) is 19.8. The molecule has 1 saturated heterocycles. The van der Waals surface area contributed by atoms with E-state index in [-0.39, 0.29) is 29.7 Å². The number of nitrogens with zero attached hydrogens (tertiary/aromatic N) is 3. The Morgan fingerprint density at radius 3 is 2.11 bits per heavy atom. The van der Waals surface area contributed by atoms with Gasteiger partial charge in [0.05, 0.1) is 11.1 Å². The average Bonchev–Trinajstić information content (AvgIpc) is 2.98. The number of hydrogen-bond donors (Lipinski definition) is 0. The molecule has 4 rings (SSSR count). The molecule has 1 aliphatic carbocycles. The highest BCUT2D eigenvalue weighted by Crippen LogP contribution is 2.31. The summed E-state index contributed by atoms with van der Waals surface area (Å²) in [7, 11) is 0. The maximum absolute atomic E-state index is 12.9. The minimum absolute atomic E-state index is 0.0107. The molecule has 0 aromatic heterocycles. The fraction of sp³-hybridized carbons (Fsp3) is 0.524. The van der Waals surface area contributed by atoms with E-state index in [0.29, 0.717) is 42.9 Å². The average molecular weight is 383 g/mol. The Bertz CT molecular complexity index is 836. The quantitative estimate of drug-likeness (QED) is 0.731. The zero-order valence-corrected chi connectivity index (χ0v) is 16.1. The SMILES string of the molecule is CC(=O)N1CCN(C(=O)c2ccc3c(c2)C(=O)N(C2CCCCC2)C3=O)CC1. The van der Waals surface area contributed by atoms with Crippen LogP contribution < -0.4 is 0 Å². The highest BCUT2D eigenvalue weighted by Gasteiger charge is 2.40. The third-order valence-electron chi connectivity index (χ3n) is 6.12. The van der Waals surface area contributed by atoms with E-state index in [1.807, 2.05) is 0 Å². The Hall–Kier alpha value is -2.70. The van der Waals surface area contributed by atoms with Gasteiger partial charge in [-0.2, -0.15) is 0 Å². The van der Waals surface area contributed by atoms with Crippen molar-refractivity contribution in [3.8, 4) is 0 Å². The molecule has 7 heteroatoms.